The van der Waals surface area contributed by atoms with Gasteiger partial charge in [0, 0.05) is 12.4 Å². The monoisotopic (exact) mass is 291 g/mol. The van der Waals surface area contributed by atoms with Crippen molar-refractivity contribution in [1.82, 2.24) is 4.72 Å². The van der Waals surface area contributed by atoms with Crippen LogP contribution >= 0.6 is 11.6 Å². The lowest BCUT2D eigenvalue weighted by Gasteiger charge is -2.07. The highest BCUT2D eigenvalue weighted by Crippen LogP contribution is 2.12. The van der Waals surface area contributed by atoms with Gasteiger partial charge in [-0.2, -0.15) is 0 Å². The standard InChI is InChI=1S/C12H18ClNO3S/c1-17-12-5-2-4-11(10-12)6-8-14-18(15,16)9-3-7-13/h2,4-5,10,14H,3,6-9H2,1H3. The summed E-state index contributed by atoms with van der Waals surface area (Å²) >= 11 is 5.46. The van der Waals surface area contributed by atoms with Crippen LogP contribution in [0.4, 0.5) is 0 Å². The van der Waals surface area contributed by atoms with Gasteiger partial charge in [-0.3, -0.25) is 0 Å². The molecule has 18 heavy (non-hydrogen) atoms. The van der Waals surface area contributed by atoms with E-state index in [0.717, 1.165) is 11.3 Å². The van der Waals surface area contributed by atoms with Crippen LogP contribution in [0.3, 0.4) is 0 Å². The normalized spacial score (nSPS) is 11.4. The minimum absolute atomic E-state index is 0.0780. The second-order valence-electron chi connectivity index (χ2n) is 3.86. The lowest BCUT2D eigenvalue weighted by atomic mass is 10.1. The first-order valence-corrected chi connectivity index (χ1v) is 7.92. The molecule has 0 saturated heterocycles. The van der Waals surface area contributed by atoms with Gasteiger partial charge in [0.2, 0.25) is 10.0 Å². The van der Waals surface area contributed by atoms with Gasteiger partial charge in [-0.05, 0) is 30.5 Å². The van der Waals surface area contributed by atoms with E-state index in [1.807, 2.05) is 24.3 Å². The van der Waals surface area contributed by atoms with E-state index in [2.05, 4.69) is 4.72 Å². The second kappa shape index (κ2) is 7.61. The molecule has 0 fully saturated rings. The summed E-state index contributed by atoms with van der Waals surface area (Å²) in [6.45, 7) is 0.387. The zero-order valence-electron chi connectivity index (χ0n) is 10.4. The summed E-state index contributed by atoms with van der Waals surface area (Å²) in [5.41, 5.74) is 1.04. The highest BCUT2D eigenvalue weighted by Gasteiger charge is 2.08. The van der Waals surface area contributed by atoms with Gasteiger partial charge in [-0.25, -0.2) is 13.1 Å². The highest BCUT2D eigenvalue weighted by molar-refractivity contribution is 7.89. The number of sulfonamides is 1. The average Bonchev–Trinajstić information content (AvgIpc) is 2.36. The van der Waals surface area contributed by atoms with Crippen molar-refractivity contribution in [2.45, 2.75) is 12.8 Å². The fraction of sp³-hybridized carbons (Fsp3) is 0.500. The molecule has 4 nitrogen and oxygen atoms in total. The molecule has 1 N–H and O–H groups in total. The Kier molecular flexibility index (Phi) is 6.46. The number of ether oxygens (including phenoxy) is 1. The minimum Gasteiger partial charge on any atom is -0.497 e. The summed E-state index contributed by atoms with van der Waals surface area (Å²) in [4.78, 5) is 0. The zero-order chi connectivity index (χ0) is 13.4. The maximum atomic E-state index is 11.5. The molecule has 0 bridgehead atoms. The second-order valence-corrected chi connectivity index (χ2v) is 6.16. The largest absolute Gasteiger partial charge is 0.497 e. The molecular weight excluding hydrogens is 274 g/mol. The van der Waals surface area contributed by atoms with Crippen LogP contribution < -0.4 is 9.46 Å². The van der Waals surface area contributed by atoms with Crippen molar-refractivity contribution in [1.29, 1.82) is 0 Å². The molecule has 0 atom stereocenters. The average molecular weight is 292 g/mol. The van der Waals surface area contributed by atoms with E-state index < -0.39 is 10.0 Å². The summed E-state index contributed by atoms with van der Waals surface area (Å²) in [5, 5.41) is 0. The van der Waals surface area contributed by atoms with Crippen LogP contribution in [0, 0.1) is 0 Å². The number of hydrogen-bond acceptors (Lipinski definition) is 3. The lowest BCUT2D eigenvalue weighted by molar-refractivity contribution is 0.414. The van der Waals surface area contributed by atoms with Crippen LogP contribution in [0.5, 0.6) is 5.75 Å². The Labute approximate surface area is 113 Å². The van der Waals surface area contributed by atoms with Crippen molar-refractivity contribution in [2.24, 2.45) is 0 Å². The zero-order valence-corrected chi connectivity index (χ0v) is 11.9. The van der Waals surface area contributed by atoms with Gasteiger partial charge in [0.05, 0.1) is 12.9 Å². The van der Waals surface area contributed by atoms with Crippen molar-refractivity contribution in [3.63, 3.8) is 0 Å². The SMILES string of the molecule is COc1cccc(CCNS(=O)(=O)CCCCl)c1. The predicted molar refractivity (Wildman–Crippen MR) is 73.8 cm³/mol. The smallest absolute Gasteiger partial charge is 0.211 e. The van der Waals surface area contributed by atoms with E-state index in [9.17, 15) is 8.42 Å². The molecule has 0 amide bonds. The van der Waals surface area contributed by atoms with Gasteiger partial charge in [-0.1, -0.05) is 12.1 Å². The van der Waals surface area contributed by atoms with E-state index in [0.29, 0.717) is 25.3 Å². The van der Waals surface area contributed by atoms with E-state index >= 15 is 0 Å². The third-order valence-corrected chi connectivity index (χ3v) is 4.15. The van der Waals surface area contributed by atoms with Gasteiger partial charge >= 0.3 is 0 Å². The highest BCUT2D eigenvalue weighted by atomic mass is 35.5. The number of rotatable bonds is 8. The molecule has 0 spiro atoms. The van der Waals surface area contributed by atoms with Gasteiger partial charge in [0.25, 0.3) is 0 Å². The number of benzene rings is 1. The van der Waals surface area contributed by atoms with Crippen LogP contribution in [0.2, 0.25) is 0 Å². The van der Waals surface area contributed by atoms with Gasteiger partial charge in [-0.15, -0.1) is 11.6 Å². The molecule has 0 saturated carbocycles. The summed E-state index contributed by atoms with van der Waals surface area (Å²) in [7, 11) is -1.59. The van der Waals surface area contributed by atoms with Crippen molar-refractivity contribution in [3.05, 3.63) is 29.8 Å². The van der Waals surface area contributed by atoms with Gasteiger partial charge in [0.15, 0.2) is 0 Å². The quantitative estimate of drug-likeness (QED) is 0.743. The molecule has 102 valence electrons. The number of nitrogens with one attached hydrogen (secondary N) is 1. The topological polar surface area (TPSA) is 55.4 Å². The first-order chi connectivity index (χ1) is 8.57. The molecule has 1 aromatic rings. The number of alkyl halides is 1. The summed E-state index contributed by atoms with van der Waals surface area (Å²) in [5.74, 6) is 1.21. The maximum absolute atomic E-state index is 11.5. The molecule has 1 aromatic carbocycles. The predicted octanol–water partition coefficient (Wildman–Crippen LogP) is 1.79. The first kappa shape index (κ1) is 15.3. The Balaban J connectivity index is 2.41. The van der Waals surface area contributed by atoms with E-state index in [4.69, 9.17) is 16.3 Å². The molecule has 0 aliphatic carbocycles. The van der Waals surface area contributed by atoms with E-state index in [-0.39, 0.29) is 5.75 Å². The summed E-state index contributed by atoms with van der Waals surface area (Å²) < 4.78 is 30.7. The molecule has 0 aliphatic heterocycles. The molecule has 6 heteroatoms. The Morgan fingerprint density at radius 2 is 2.17 bits per heavy atom. The third kappa shape index (κ3) is 5.71. The minimum atomic E-state index is -3.20. The van der Waals surface area contributed by atoms with Gasteiger partial charge in [0.1, 0.15) is 5.75 Å². The van der Waals surface area contributed by atoms with Crippen molar-refractivity contribution >= 4 is 21.6 Å². The van der Waals surface area contributed by atoms with Crippen LogP contribution in [-0.2, 0) is 16.4 Å². The van der Waals surface area contributed by atoms with Crippen molar-refractivity contribution in [3.8, 4) is 5.75 Å². The molecule has 0 radical (unpaired) electrons. The maximum Gasteiger partial charge on any atom is 0.211 e. The van der Waals surface area contributed by atoms with Crippen LogP contribution in [0.1, 0.15) is 12.0 Å². The van der Waals surface area contributed by atoms with E-state index in [1.54, 1.807) is 7.11 Å². The lowest BCUT2D eigenvalue weighted by Crippen LogP contribution is -2.28. The number of hydrogen-bond donors (Lipinski definition) is 1. The Morgan fingerprint density at radius 3 is 2.83 bits per heavy atom. The molecule has 0 aromatic heterocycles. The number of methoxy groups -OCH3 is 1. The Morgan fingerprint density at radius 1 is 1.39 bits per heavy atom. The van der Waals surface area contributed by atoms with E-state index in [1.165, 1.54) is 0 Å². The van der Waals surface area contributed by atoms with Crippen LogP contribution in [0.25, 0.3) is 0 Å². The molecule has 0 heterocycles. The van der Waals surface area contributed by atoms with Crippen LogP contribution in [-0.4, -0.2) is 33.7 Å². The molecule has 0 aliphatic rings. The van der Waals surface area contributed by atoms with Crippen LogP contribution in [0.15, 0.2) is 24.3 Å². The summed E-state index contributed by atoms with van der Waals surface area (Å²) in [6, 6.07) is 7.58. The Hall–Kier alpha value is -0.780. The van der Waals surface area contributed by atoms with Crippen molar-refractivity contribution in [2.75, 3.05) is 25.3 Å². The third-order valence-electron chi connectivity index (χ3n) is 2.42. The summed E-state index contributed by atoms with van der Waals surface area (Å²) in [6.07, 6.45) is 1.10. The molecular formula is C12H18ClNO3S. The Bertz CT molecular complexity index is 462. The van der Waals surface area contributed by atoms with Crippen molar-refractivity contribution < 1.29 is 13.2 Å². The number of halogens is 1. The fourth-order valence-corrected chi connectivity index (χ4v) is 2.87. The first-order valence-electron chi connectivity index (χ1n) is 5.73. The molecule has 0 unspecified atom stereocenters. The van der Waals surface area contributed by atoms with Gasteiger partial charge < -0.3 is 4.74 Å². The molecule has 1 rings (SSSR count). The fourth-order valence-electron chi connectivity index (χ4n) is 1.50.